The van der Waals surface area contributed by atoms with Crippen molar-refractivity contribution in [2.75, 3.05) is 0 Å². The molecule has 0 saturated heterocycles. The van der Waals surface area contributed by atoms with Crippen molar-refractivity contribution >= 4 is 43.1 Å². The highest BCUT2D eigenvalue weighted by atomic mass is 35.5. The standard InChI is InChI=1S/C23H21Cl2F2NO4S2/c1-14(2-3-15-12-17(25)6-11-22(15)34(28,31)32)23(20-13-18(26)7-10-21(20)27)33(29,30)19-8-4-16(24)5-9-19/h4-14,23H,2-3H2,1H3,(H2,28,31,32). The first-order chi connectivity index (χ1) is 15.8. The molecule has 0 heterocycles. The number of hydrogen-bond acceptors (Lipinski definition) is 4. The molecule has 11 heteroatoms. The number of hydrogen-bond donors (Lipinski definition) is 1. The molecule has 3 rings (SSSR count). The van der Waals surface area contributed by atoms with Crippen LogP contribution in [-0.4, -0.2) is 16.8 Å². The minimum absolute atomic E-state index is 0.0804. The van der Waals surface area contributed by atoms with E-state index in [0.29, 0.717) is 10.6 Å². The van der Waals surface area contributed by atoms with E-state index >= 15 is 0 Å². The minimum atomic E-state index is -4.19. The molecule has 3 aromatic rings. The fraction of sp³-hybridized carbons (Fsp3) is 0.217. The van der Waals surface area contributed by atoms with Gasteiger partial charge in [0.2, 0.25) is 10.0 Å². The second-order valence-electron chi connectivity index (χ2n) is 7.90. The van der Waals surface area contributed by atoms with E-state index < -0.39 is 42.7 Å². The summed E-state index contributed by atoms with van der Waals surface area (Å²) >= 11 is 11.9. The molecule has 0 spiro atoms. The smallest absolute Gasteiger partial charge is 0.225 e. The van der Waals surface area contributed by atoms with Gasteiger partial charge in [0, 0.05) is 15.6 Å². The molecular weight excluding hydrogens is 527 g/mol. The van der Waals surface area contributed by atoms with E-state index in [0.717, 1.165) is 18.2 Å². The zero-order valence-electron chi connectivity index (χ0n) is 17.9. The lowest BCUT2D eigenvalue weighted by atomic mass is 9.93. The van der Waals surface area contributed by atoms with Gasteiger partial charge >= 0.3 is 0 Å². The summed E-state index contributed by atoms with van der Waals surface area (Å²) in [5, 5.41) is 4.42. The van der Waals surface area contributed by atoms with Crippen LogP contribution >= 0.6 is 23.2 Å². The fourth-order valence-corrected chi connectivity index (χ4v) is 7.01. The first-order valence-corrected chi connectivity index (χ1v) is 13.9. The van der Waals surface area contributed by atoms with E-state index in [4.69, 9.17) is 28.3 Å². The van der Waals surface area contributed by atoms with E-state index in [9.17, 15) is 25.6 Å². The summed E-state index contributed by atoms with van der Waals surface area (Å²) in [6.45, 7) is 1.57. The summed E-state index contributed by atoms with van der Waals surface area (Å²) in [6, 6.07) is 12.1. The molecule has 0 aliphatic rings. The maximum atomic E-state index is 14.8. The maximum Gasteiger partial charge on any atom is 0.238 e. The predicted molar refractivity (Wildman–Crippen MR) is 128 cm³/mol. The Kier molecular flexibility index (Phi) is 8.04. The Morgan fingerprint density at radius 2 is 1.50 bits per heavy atom. The van der Waals surface area contributed by atoms with Gasteiger partial charge < -0.3 is 0 Å². The molecule has 2 atom stereocenters. The highest BCUT2D eigenvalue weighted by molar-refractivity contribution is 7.91. The number of sulfone groups is 1. The van der Waals surface area contributed by atoms with E-state index in [2.05, 4.69) is 0 Å². The van der Waals surface area contributed by atoms with Crippen LogP contribution < -0.4 is 5.14 Å². The topological polar surface area (TPSA) is 94.3 Å². The third kappa shape index (κ3) is 5.95. The van der Waals surface area contributed by atoms with Gasteiger partial charge in [-0.3, -0.25) is 0 Å². The summed E-state index contributed by atoms with van der Waals surface area (Å²) in [4.78, 5) is -0.247. The monoisotopic (exact) mass is 547 g/mol. The first-order valence-electron chi connectivity index (χ1n) is 10.1. The molecule has 0 aliphatic carbocycles. The Balaban J connectivity index is 2.05. The van der Waals surface area contributed by atoms with E-state index in [1.165, 1.54) is 42.5 Å². The van der Waals surface area contributed by atoms with Gasteiger partial charge in [-0.25, -0.2) is 30.8 Å². The maximum absolute atomic E-state index is 14.8. The second-order valence-corrected chi connectivity index (χ2v) is 12.4. The molecular formula is C23H21Cl2F2NO4S2. The molecule has 0 amide bonds. The zero-order valence-corrected chi connectivity index (χ0v) is 21.0. The molecule has 0 bridgehead atoms. The van der Waals surface area contributed by atoms with Crippen LogP contribution in [0.4, 0.5) is 8.78 Å². The van der Waals surface area contributed by atoms with E-state index in [1.807, 2.05) is 0 Å². The zero-order chi connectivity index (χ0) is 25.3. The van der Waals surface area contributed by atoms with Gasteiger partial charge in [0.1, 0.15) is 11.6 Å². The van der Waals surface area contributed by atoms with Crippen LogP contribution in [0.5, 0.6) is 0 Å². The summed E-state index contributed by atoms with van der Waals surface area (Å²) < 4.78 is 79.8. The molecule has 2 unspecified atom stereocenters. The molecule has 0 fully saturated rings. The van der Waals surface area contributed by atoms with Crippen molar-refractivity contribution < 1.29 is 25.6 Å². The summed E-state index contributed by atoms with van der Waals surface area (Å²) in [7, 11) is -8.25. The van der Waals surface area contributed by atoms with E-state index in [1.54, 1.807) is 6.92 Å². The molecule has 182 valence electrons. The Morgan fingerprint density at radius 1 is 0.882 bits per heavy atom. The second kappa shape index (κ2) is 10.3. The first kappa shape index (κ1) is 26.6. The van der Waals surface area contributed by atoms with Gasteiger partial charge in [0.15, 0.2) is 9.84 Å². The van der Waals surface area contributed by atoms with E-state index in [-0.39, 0.29) is 33.2 Å². The Labute approximate surface area is 207 Å². The average Bonchev–Trinajstić information content (AvgIpc) is 2.74. The van der Waals surface area contributed by atoms with Crippen molar-refractivity contribution in [2.24, 2.45) is 11.1 Å². The van der Waals surface area contributed by atoms with Crippen LogP contribution in [-0.2, 0) is 26.3 Å². The summed E-state index contributed by atoms with van der Waals surface area (Å²) in [5.41, 5.74) is -0.0237. The number of benzene rings is 3. The third-order valence-electron chi connectivity index (χ3n) is 5.46. The number of aryl methyl sites for hydroxylation is 1. The number of nitrogens with two attached hydrogens (primary N) is 1. The predicted octanol–water partition coefficient (Wildman–Crippen LogP) is 5.70. The molecule has 0 saturated carbocycles. The van der Waals surface area contributed by atoms with Crippen molar-refractivity contribution in [1.82, 2.24) is 0 Å². The normalized spacial score (nSPS) is 14.1. The Bertz CT molecular complexity index is 1410. The van der Waals surface area contributed by atoms with Gasteiger partial charge in [0.05, 0.1) is 15.0 Å². The largest absolute Gasteiger partial charge is 0.238 e. The van der Waals surface area contributed by atoms with Crippen molar-refractivity contribution in [2.45, 2.75) is 34.8 Å². The van der Waals surface area contributed by atoms with Gasteiger partial charge in [-0.1, -0.05) is 30.1 Å². The average molecular weight is 548 g/mol. The minimum Gasteiger partial charge on any atom is -0.225 e. The quantitative estimate of drug-likeness (QED) is 0.391. The lowest BCUT2D eigenvalue weighted by Crippen LogP contribution is -2.23. The highest BCUT2D eigenvalue weighted by Gasteiger charge is 2.36. The molecule has 0 aliphatic heterocycles. The molecule has 2 N–H and O–H groups in total. The lowest BCUT2D eigenvalue weighted by molar-refractivity contribution is 0.467. The molecule has 3 aromatic carbocycles. The Hall–Kier alpha value is -2.04. The van der Waals surface area contributed by atoms with Crippen LogP contribution in [0.2, 0.25) is 10.0 Å². The summed E-state index contributed by atoms with van der Waals surface area (Å²) in [6.07, 6.45) is 0.188. The van der Waals surface area contributed by atoms with Crippen molar-refractivity contribution in [3.8, 4) is 0 Å². The van der Waals surface area contributed by atoms with Gasteiger partial charge in [-0.15, -0.1) is 0 Å². The summed E-state index contributed by atoms with van der Waals surface area (Å²) in [5.74, 6) is -2.42. The highest BCUT2D eigenvalue weighted by Crippen LogP contribution is 2.39. The van der Waals surface area contributed by atoms with Crippen molar-refractivity contribution in [1.29, 1.82) is 0 Å². The van der Waals surface area contributed by atoms with Crippen molar-refractivity contribution in [3.63, 3.8) is 0 Å². The van der Waals surface area contributed by atoms with Crippen LogP contribution in [0.1, 0.15) is 29.7 Å². The van der Waals surface area contributed by atoms with Crippen LogP contribution in [0.15, 0.2) is 70.5 Å². The van der Waals surface area contributed by atoms with Gasteiger partial charge in [-0.05, 0) is 85.0 Å². The Morgan fingerprint density at radius 3 is 2.12 bits per heavy atom. The molecule has 34 heavy (non-hydrogen) atoms. The van der Waals surface area contributed by atoms with Gasteiger partial charge in [0.25, 0.3) is 0 Å². The number of halogens is 4. The molecule has 5 nitrogen and oxygen atoms in total. The molecule has 0 radical (unpaired) electrons. The number of primary sulfonamides is 1. The van der Waals surface area contributed by atoms with Crippen LogP contribution in [0.25, 0.3) is 0 Å². The third-order valence-corrected chi connectivity index (χ3v) is 9.27. The van der Waals surface area contributed by atoms with Crippen LogP contribution in [0, 0.1) is 17.6 Å². The lowest BCUT2D eigenvalue weighted by Gasteiger charge is -2.25. The SMILES string of the molecule is CC(CCc1cc(Cl)ccc1S(N)(=O)=O)C(c1cc(F)ccc1F)S(=O)(=O)c1ccc(Cl)cc1. The number of sulfonamides is 1. The fourth-order valence-electron chi connectivity index (χ4n) is 3.84. The number of rotatable bonds is 8. The van der Waals surface area contributed by atoms with Gasteiger partial charge in [-0.2, -0.15) is 0 Å². The molecule has 0 aromatic heterocycles. The van der Waals surface area contributed by atoms with Crippen LogP contribution in [0.3, 0.4) is 0 Å². The van der Waals surface area contributed by atoms with Crippen molar-refractivity contribution in [3.05, 3.63) is 93.5 Å².